The van der Waals surface area contributed by atoms with Gasteiger partial charge in [-0.3, -0.25) is 18.9 Å². The van der Waals surface area contributed by atoms with Crippen LogP contribution >= 0.6 is 24.0 Å². The van der Waals surface area contributed by atoms with Gasteiger partial charge in [-0.15, -0.1) is 0 Å². The third kappa shape index (κ3) is 3.76. The van der Waals surface area contributed by atoms with E-state index in [0.29, 0.717) is 46.0 Å². The standard InChI is InChI=1S/C18H20N4O3S2/c1-4-19-14-12(16(23)21-7-5-6-11(2)15(21)20-14)10-13-17(24)22(8-9-25-3)18(26)27-13/h5-7,10,19H,4,8-9H2,1-3H3/b13-10+. The average Bonchev–Trinajstić information content (AvgIpc) is 2.91. The van der Waals surface area contributed by atoms with Gasteiger partial charge in [0.2, 0.25) is 0 Å². The number of nitrogens with one attached hydrogen (secondary N) is 1. The predicted octanol–water partition coefficient (Wildman–Crippen LogP) is 2.28. The lowest BCUT2D eigenvalue weighted by Crippen LogP contribution is -2.31. The van der Waals surface area contributed by atoms with Gasteiger partial charge in [0.05, 0.1) is 23.6 Å². The number of fused-ring (bicyclic) bond motifs is 1. The number of aryl methyl sites for hydroxylation is 1. The van der Waals surface area contributed by atoms with Gasteiger partial charge in [0, 0.05) is 19.9 Å². The van der Waals surface area contributed by atoms with E-state index in [9.17, 15) is 9.59 Å². The smallest absolute Gasteiger partial charge is 0.267 e. The summed E-state index contributed by atoms with van der Waals surface area (Å²) in [7, 11) is 1.57. The Morgan fingerprint density at radius 1 is 1.41 bits per heavy atom. The number of methoxy groups -OCH3 is 1. The van der Waals surface area contributed by atoms with E-state index in [1.165, 1.54) is 21.1 Å². The first kappa shape index (κ1) is 19.5. The summed E-state index contributed by atoms with van der Waals surface area (Å²) in [6, 6.07) is 3.70. The van der Waals surface area contributed by atoms with Gasteiger partial charge in [-0.05, 0) is 31.6 Å². The number of aromatic nitrogens is 2. The maximum atomic E-state index is 13.1. The van der Waals surface area contributed by atoms with Gasteiger partial charge in [-0.25, -0.2) is 4.98 Å². The van der Waals surface area contributed by atoms with Gasteiger partial charge in [0.25, 0.3) is 11.5 Å². The summed E-state index contributed by atoms with van der Waals surface area (Å²) >= 11 is 6.47. The van der Waals surface area contributed by atoms with Crippen LogP contribution in [0.15, 0.2) is 28.0 Å². The normalized spacial score (nSPS) is 16.0. The first-order valence-electron chi connectivity index (χ1n) is 8.48. The van der Waals surface area contributed by atoms with Crippen molar-refractivity contribution in [3.63, 3.8) is 0 Å². The van der Waals surface area contributed by atoms with Gasteiger partial charge in [0.1, 0.15) is 15.8 Å². The number of carbonyl (C=O) groups is 1. The predicted molar refractivity (Wildman–Crippen MR) is 112 cm³/mol. The molecule has 7 nitrogen and oxygen atoms in total. The van der Waals surface area contributed by atoms with Gasteiger partial charge < -0.3 is 10.1 Å². The number of ether oxygens (including phenoxy) is 1. The lowest BCUT2D eigenvalue weighted by Gasteiger charge is -2.13. The molecule has 0 aromatic carbocycles. The molecule has 0 spiro atoms. The zero-order chi connectivity index (χ0) is 19.6. The molecule has 1 amide bonds. The molecule has 142 valence electrons. The Hall–Kier alpha value is -2.23. The maximum Gasteiger partial charge on any atom is 0.267 e. The zero-order valence-corrected chi connectivity index (χ0v) is 16.9. The van der Waals surface area contributed by atoms with E-state index in [1.54, 1.807) is 25.4 Å². The second kappa shape index (κ2) is 8.20. The number of thioether (sulfide) groups is 1. The van der Waals surface area contributed by atoms with Crippen molar-refractivity contribution >= 4 is 51.7 Å². The van der Waals surface area contributed by atoms with Crippen LogP contribution < -0.4 is 10.9 Å². The SMILES string of the molecule is CCNc1nc2c(C)cccn2c(=O)c1/C=C1/SC(=S)N(CCOC)C1=O. The van der Waals surface area contributed by atoms with Crippen molar-refractivity contribution in [2.45, 2.75) is 13.8 Å². The average molecular weight is 405 g/mol. The topological polar surface area (TPSA) is 75.9 Å². The molecule has 3 rings (SSSR count). The number of rotatable bonds is 6. The van der Waals surface area contributed by atoms with Crippen molar-refractivity contribution < 1.29 is 9.53 Å². The van der Waals surface area contributed by atoms with Gasteiger partial charge in [-0.2, -0.15) is 0 Å². The summed E-state index contributed by atoms with van der Waals surface area (Å²) < 4.78 is 6.98. The van der Waals surface area contributed by atoms with Crippen molar-refractivity contribution in [1.82, 2.24) is 14.3 Å². The molecular weight excluding hydrogens is 384 g/mol. The van der Waals surface area contributed by atoms with Crippen molar-refractivity contribution in [3.8, 4) is 0 Å². The minimum Gasteiger partial charge on any atom is -0.383 e. The fraction of sp³-hybridized carbons (Fsp3) is 0.333. The summed E-state index contributed by atoms with van der Waals surface area (Å²) in [4.78, 5) is 32.2. The molecule has 0 atom stereocenters. The van der Waals surface area contributed by atoms with Crippen LogP contribution in [0, 0.1) is 6.92 Å². The Labute approximate surface area is 166 Å². The van der Waals surface area contributed by atoms with E-state index in [0.717, 1.165) is 5.56 Å². The summed E-state index contributed by atoms with van der Waals surface area (Å²) in [6.45, 7) is 5.20. The van der Waals surface area contributed by atoms with Crippen molar-refractivity contribution in [1.29, 1.82) is 0 Å². The van der Waals surface area contributed by atoms with Crippen LogP contribution in [0.4, 0.5) is 5.82 Å². The highest BCUT2D eigenvalue weighted by molar-refractivity contribution is 8.26. The molecule has 0 unspecified atom stereocenters. The van der Waals surface area contributed by atoms with Crippen LogP contribution in [0.1, 0.15) is 18.1 Å². The Bertz CT molecular complexity index is 1000. The summed E-state index contributed by atoms with van der Waals surface area (Å²) in [5.74, 6) is 0.234. The van der Waals surface area contributed by atoms with Crippen LogP contribution in [0.25, 0.3) is 11.7 Å². The van der Waals surface area contributed by atoms with E-state index in [-0.39, 0.29) is 11.5 Å². The highest BCUT2D eigenvalue weighted by atomic mass is 32.2. The van der Waals surface area contributed by atoms with Crippen LogP contribution in [-0.2, 0) is 9.53 Å². The second-order valence-corrected chi connectivity index (χ2v) is 7.60. The molecule has 0 bridgehead atoms. The fourth-order valence-corrected chi connectivity index (χ4v) is 4.04. The molecule has 2 aromatic heterocycles. The van der Waals surface area contributed by atoms with E-state index < -0.39 is 0 Å². The highest BCUT2D eigenvalue weighted by Crippen LogP contribution is 2.32. The molecule has 0 aliphatic carbocycles. The Morgan fingerprint density at radius 2 is 2.19 bits per heavy atom. The number of hydrogen-bond donors (Lipinski definition) is 1. The van der Waals surface area contributed by atoms with Crippen LogP contribution in [-0.4, -0.2) is 51.3 Å². The molecule has 0 radical (unpaired) electrons. The van der Waals surface area contributed by atoms with E-state index in [4.69, 9.17) is 17.0 Å². The zero-order valence-electron chi connectivity index (χ0n) is 15.3. The van der Waals surface area contributed by atoms with Crippen LogP contribution in [0.3, 0.4) is 0 Å². The molecule has 1 aliphatic rings. The second-order valence-electron chi connectivity index (χ2n) is 5.92. The van der Waals surface area contributed by atoms with Gasteiger partial charge in [0.15, 0.2) is 0 Å². The van der Waals surface area contributed by atoms with Gasteiger partial charge in [-0.1, -0.05) is 30.0 Å². The Morgan fingerprint density at radius 3 is 2.89 bits per heavy atom. The molecular formula is C18H20N4O3S2. The third-order valence-electron chi connectivity index (χ3n) is 4.10. The van der Waals surface area contributed by atoms with Crippen molar-refractivity contribution in [2.75, 3.05) is 32.1 Å². The lowest BCUT2D eigenvalue weighted by atomic mass is 10.2. The number of pyridine rings is 1. The molecule has 1 N–H and O–H groups in total. The van der Waals surface area contributed by atoms with E-state index >= 15 is 0 Å². The third-order valence-corrected chi connectivity index (χ3v) is 5.47. The molecule has 3 heterocycles. The molecule has 1 fully saturated rings. The fourth-order valence-electron chi connectivity index (χ4n) is 2.75. The number of amides is 1. The Kier molecular flexibility index (Phi) is 5.93. The first-order chi connectivity index (χ1) is 13.0. The Balaban J connectivity index is 2.11. The van der Waals surface area contributed by atoms with Gasteiger partial charge >= 0.3 is 0 Å². The monoisotopic (exact) mass is 404 g/mol. The van der Waals surface area contributed by atoms with E-state index in [2.05, 4.69) is 10.3 Å². The molecule has 0 saturated carbocycles. The highest BCUT2D eigenvalue weighted by Gasteiger charge is 2.32. The quantitative estimate of drug-likeness (QED) is 0.585. The number of thiocarbonyl (C=S) groups is 1. The summed E-state index contributed by atoms with van der Waals surface area (Å²) in [5, 5.41) is 3.13. The number of carbonyl (C=O) groups excluding carboxylic acids is 1. The molecule has 9 heteroatoms. The molecule has 2 aromatic rings. The number of nitrogens with zero attached hydrogens (tertiary/aromatic N) is 3. The largest absolute Gasteiger partial charge is 0.383 e. The van der Waals surface area contributed by atoms with Crippen LogP contribution in [0.2, 0.25) is 0 Å². The first-order valence-corrected chi connectivity index (χ1v) is 9.70. The number of hydrogen-bond acceptors (Lipinski definition) is 7. The molecule has 27 heavy (non-hydrogen) atoms. The summed E-state index contributed by atoms with van der Waals surface area (Å²) in [5.41, 5.74) is 1.59. The summed E-state index contributed by atoms with van der Waals surface area (Å²) in [6.07, 6.45) is 3.25. The number of anilines is 1. The van der Waals surface area contributed by atoms with Crippen molar-refractivity contribution in [2.24, 2.45) is 0 Å². The minimum absolute atomic E-state index is 0.224. The van der Waals surface area contributed by atoms with Crippen LogP contribution in [0.5, 0.6) is 0 Å². The van der Waals surface area contributed by atoms with E-state index in [1.807, 2.05) is 19.9 Å². The molecule has 1 saturated heterocycles. The van der Waals surface area contributed by atoms with Crippen molar-refractivity contribution in [3.05, 3.63) is 44.7 Å². The molecule has 1 aliphatic heterocycles. The maximum absolute atomic E-state index is 13.1. The lowest BCUT2D eigenvalue weighted by molar-refractivity contribution is -0.122. The minimum atomic E-state index is -0.234.